The summed E-state index contributed by atoms with van der Waals surface area (Å²) in [6.45, 7) is 5.48. The molecule has 0 saturated carbocycles. The molecule has 0 N–H and O–H groups in total. The number of aryl methyl sites for hydroxylation is 2. The van der Waals surface area contributed by atoms with Crippen LogP contribution >= 0.6 is 11.3 Å². The first-order chi connectivity index (χ1) is 10.1. The summed E-state index contributed by atoms with van der Waals surface area (Å²) < 4.78 is 0. The second-order valence-corrected chi connectivity index (χ2v) is 7.31. The number of rotatable bonds is 5. The standard InChI is InChI=1S/C17H24N2OS/c1-13(2)12-19(10-6-9-18)17(20)16-11-14-7-4-3-5-8-15(14)21-16/h11,13H,3-8,10,12H2,1-2H3. The molecular formula is C17H24N2OS. The number of nitrogens with zero attached hydrogens (tertiary/aromatic N) is 2. The molecule has 2 rings (SSSR count). The second-order valence-electron chi connectivity index (χ2n) is 6.17. The van der Waals surface area contributed by atoms with Gasteiger partial charge in [-0.15, -0.1) is 11.3 Å². The van der Waals surface area contributed by atoms with Crippen molar-refractivity contribution in [2.75, 3.05) is 13.1 Å². The summed E-state index contributed by atoms with van der Waals surface area (Å²) in [5.41, 5.74) is 1.38. The van der Waals surface area contributed by atoms with Gasteiger partial charge in [0.1, 0.15) is 0 Å². The number of hydrogen-bond donors (Lipinski definition) is 0. The lowest BCUT2D eigenvalue weighted by molar-refractivity contribution is 0.0744. The summed E-state index contributed by atoms with van der Waals surface area (Å²) in [5.74, 6) is 0.530. The van der Waals surface area contributed by atoms with E-state index in [1.807, 2.05) is 4.90 Å². The Morgan fingerprint density at radius 1 is 1.38 bits per heavy atom. The van der Waals surface area contributed by atoms with Crippen LogP contribution in [0.5, 0.6) is 0 Å². The number of nitriles is 1. The molecule has 0 fully saturated rings. The molecule has 0 saturated heterocycles. The molecule has 1 heterocycles. The average Bonchev–Trinajstić information content (AvgIpc) is 2.73. The zero-order valence-electron chi connectivity index (χ0n) is 13.0. The molecule has 1 aromatic rings. The minimum atomic E-state index is 0.108. The maximum atomic E-state index is 12.7. The second kappa shape index (κ2) is 7.61. The highest BCUT2D eigenvalue weighted by molar-refractivity contribution is 7.14. The van der Waals surface area contributed by atoms with Gasteiger partial charge in [0.25, 0.3) is 5.91 Å². The molecule has 114 valence electrons. The molecule has 3 nitrogen and oxygen atoms in total. The van der Waals surface area contributed by atoms with Crippen LogP contribution in [-0.2, 0) is 12.8 Å². The minimum Gasteiger partial charge on any atom is -0.337 e. The Morgan fingerprint density at radius 2 is 2.14 bits per heavy atom. The normalized spacial score (nSPS) is 14.4. The van der Waals surface area contributed by atoms with Crippen molar-refractivity contribution < 1.29 is 4.79 Å². The van der Waals surface area contributed by atoms with Gasteiger partial charge in [0.05, 0.1) is 17.4 Å². The third-order valence-corrected chi connectivity index (χ3v) is 5.05. The number of fused-ring (bicyclic) bond motifs is 1. The van der Waals surface area contributed by atoms with Gasteiger partial charge < -0.3 is 4.90 Å². The zero-order chi connectivity index (χ0) is 15.2. The van der Waals surface area contributed by atoms with Crippen LogP contribution in [0.4, 0.5) is 0 Å². The van der Waals surface area contributed by atoms with E-state index in [1.165, 1.54) is 29.7 Å². The third-order valence-electron chi connectivity index (χ3n) is 3.82. The van der Waals surface area contributed by atoms with Crippen LogP contribution in [0.1, 0.15) is 59.6 Å². The van der Waals surface area contributed by atoms with Crippen molar-refractivity contribution in [3.8, 4) is 6.07 Å². The van der Waals surface area contributed by atoms with E-state index in [0.717, 1.165) is 24.3 Å². The van der Waals surface area contributed by atoms with Crippen LogP contribution < -0.4 is 0 Å². The molecule has 0 aromatic carbocycles. The van der Waals surface area contributed by atoms with Crippen molar-refractivity contribution >= 4 is 17.2 Å². The Balaban J connectivity index is 2.14. The zero-order valence-corrected chi connectivity index (χ0v) is 13.8. The highest BCUT2D eigenvalue weighted by atomic mass is 32.1. The fraction of sp³-hybridized carbons (Fsp3) is 0.647. The Bertz CT molecular complexity index is 504. The first kappa shape index (κ1) is 16.0. The average molecular weight is 304 g/mol. The van der Waals surface area contributed by atoms with Crippen molar-refractivity contribution in [1.29, 1.82) is 5.26 Å². The number of carbonyl (C=O) groups excluding carboxylic acids is 1. The van der Waals surface area contributed by atoms with E-state index in [9.17, 15) is 4.79 Å². The Kier molecular flexibility index (Phi) is 5.81. The predicted molar refractivity (Wildman–Crippen MR) is 86.5 cm³/mol. The van der Waals surface area contributed by atoms with Gasteiger partial charge in [-0.1, -0.05) is 20.3 Å². The summed E-state index contributed by atoms with van der Waals surface area (Å²) >= 11 is 1.67. The molecule has 4 heteroatoms. The van der Waals surface area contributed by atoms with Gasteiger partial charge in [-0.3, -0.25) is 4.79 Å². The van der Waals surface area contributed by atoms with Crippen LogP contribution in [0.2, 0.25) is 0 Å². The van der Waals surface area contributed by atoms with E-state index >= 15 is 0 Å². The van der Waals surface area contributed by atoms with Crippen molar-refractivity contribution in [3.63, 3.8) is 0 Å². The monoisotopic (exact) mass is 304 g/mol. The molecule has 0 radical (unpaired) electrons. The van der Waals surface area contributed by atoms with Gasteiger partial charge in [0.15, 0.2) is 0 Å². The molecule has 0 atom stereocenters. The van der Waals surface area contributed by atoms with Crippen LogP contribution in [-0.4, -0.2) is 23.9 Å². The van der Waals surface area contributed by atoms with Gasteiger partial charge in [-0.2, -0.15) is 5.26 Å². The number of thiophene rings is 1. The Hall–Kier alpha value is -1.34. The third kappa shape index (κ3) is 4.31. The van der Waals surface area contributed by atoms with Crippen molar-refractivity contribution in [2.45, 2.75) is 52.4 Å². The smallest absolute Gasteiger partial charge is 0.263 e. The highest BCUT2D eigenvalue weighted by Gasteiger charge is 2.21. The first-order valence-corrected chi connectivity index (χ1v) is 8.71. The maximum absolute atomic E-state index is 12.7. The molecule has 1 aromatic heterocycles. The van der Waals surface area contributed by atoms with Crippen molar-refractivity contribution in [1.82, 2.24) is 4.90 Å². The summed E-state index contributed by atoms with van der Waals surface area (Å²) in [6, 6.07) is 4.25. The molecule has 0 bridgehead atoms. The van der Waals surface area contributed by atoms with E-state index in [2.05, 4.69) is 26.0 Å². The van der Waals surface area contributed by atoms with Gasteiger partial charge in [-0.05, 0) is 43.2 Å². The fourth-order valence-corrected chi connectivity index (χ4v) is 4.05. The first-order valence-electron chi connectivity index (χ1n) is 7.89. The van der Waals surface area contributed by atoms with Gasteiger partial charge >= 0.3 is 0 Å². The summed E-state index contributed by atoms with van der Waals surface area (Å²) in [6.07, 6.45) is 6.42. The largest absolute Gasteiger partial charge is 0.337 e. The molecule has 1 aliphatic rings. The maximum Gasteiger partial charge on any atom is 0.263 e. The van der Waals surface area contributed by atoms with Crippen LogP contribution in [0.25, 0.3) is 0 Å². The number of hydrogen-bond acceptors (Lipinski definition) is 3. The Morgan fingerprint density at radius 3 is 2.86 bits per heavy atom. The predicted octanol–water partition coefficient (Wildman–Crippen LogP) is 4.03. The topological polar surface area (TPSA) is 44.1 Å². The SMILES string of the molecule is CC(C)CN(CCC#N)C(=O)c1cc2c(s1)CCCCC2. The molecule has 21 heavy (non-hydrogen) atoms. The van der Waals surface area contributed by atoms with E-state index in [1.54, 1.807) is 11.3 Å². The Labute approximate surface area is 131 Å². The van der Waals surface area contributed by atoms with E-state index in [-0.39, 0.29) is 5.91 Å². The van der Waals surface area contributed by atoms with Crippen LogP contribution in [0.15, 0.2) is 6.07 Å². The van der Waals surface area contributed by atoms with E-state index < -0.39 is 0 Å². The van der Waals surface area contributed by atoms with Crippen LogP contribution in [0.3, 0.4) is 0 Å². The quantitative estimate of drug-likeness (QED) is 0.771. The molecule has 0 spiro atoms. The molecule has 0 aliphatic heterocycles. The summed E-state index contributed by atoms with van der Waals surface area (Å²) in [5, 5.41) is 8.78. The lowest BCUT2D eigenvalue weighted by atomic mass is 10.1. The molecule has 0 unspecified atom stereocenters. The minimum absolute atomic E-state index is 0.108. The lowest BCUT2D eigenvalue weighted by Crippen LogP contribution is -2.34. The van der Waals surface area contributed by atoms with E-state index in [0.29, 0.717) is 18.9 Å². The van der Waals surface area contributed by atoms with Crippen LogP contribution in [0, 0.1) is 17.2 Å². The van der Waals surface area contributed by atoms with Gasteiger partial charge in [0.2, 0.25) is 0 Å². The lowest BCUT2D eigenvalue weighted by Gasteiger charge is -2.23. The molecular weight excluding hydrogens is 280 g/mol. The van der Waals surface area contributed by atoms with Gasteiger partial charge in [0, 0.05) is 18.0 Å². The van der Waals surface area contributed by atoms with E-state index in [4.69, 9.17) is 5.26 Å². The summed E-state index contributed by atoms with van der Waals surface area (Å²) in [4.78, 5) is 16.8. The van der Waals surface area contributed by atoms with Crippen molar-refractivity contribution in [2.24, 2.45) is 5.92 Å². The number of amides is 1. The molecule has 1 amide bonds. The summed E-state index contributed by atoms with van der Waals surface area (Å²) in [7, 11) is 0. The van der Waals surface area contributed by atoms with Gasteiger partial charge in [-0.25, -0.2) is 0 Å². The highest BCUT2D eigenvalue weighted by Crippen LogP contribution is 2.29. The fourth-order valence-electron chi connectivity index (χ4n) is 2.83. The number of carbonyl (C=O) groups is 1. The van der Waals surface area contributed by atoms with Crippen molar-refractivity contribution in [3.05, 3.63) is 21.4 Å². The molecule has 1 aliphatic carbocycles.